The zero-order valence-corrected chi connectivity index (χ0v) is 26.4. The number of aliphatic hydroxyl groups excluding tert-OH is 1. The number of rotatable bonds is 15. The van der Waals surface area contributed by atoms with Crippen molar-refractivity contribution >= 4 is 17.7 Å². The molecule has 4 N–H and O–H groups in total. The monoisotopic (exact) mass is 617 g/mol. The maximum Gasteiger partial charge on any atom is 0.416 e. The summed E-state index contributed by atoms with van der Waals surface area (Å²) in [7, 11) is 2.50. The fourth-order valence-electron chi connectivity index (χ4n) is 4.99. The highest BCUT2D eigenvalue weighted by molar-refractivity contribution is 5.98. The predicted molar refractivity (Wildman–Crippen MR) is 175 cm³/mol. The molecule has 0 saturated heterocycles. The highest BCUT2D eigenvalue weighted by atomic mass is 19.1. The molecule has 3 atom stereocenters. The first-order valence-electron chi connectivity index (χ1n) is 15.0. The number of amides is 2. The van der Waals surface area contributed by atoms with Crippen molar-refractivity contribution in [2.75, 3.05) is 26.1 Å². The van der Waals surface area contributed by atoms with Crippen LogP contribution in [-0.4, -0.2) is 54.4 Å². The van der Waals surface area contributed by atoms with Crippen molar-refractivity contribution < 1.29 is 28.6 Å². The van der Waals surface area contributed by atoms with Crippen molar-refractivity contribution in [2.45, 2.75) is 57.2 Å². The molecule has 2 amide bonds. The van der Waals surface area contributed by atoms with E-state index in [0.29, 0.717) is 23.6 Å². The van der Waals surface area contributed by atoms with Gasteiger partial charge in [0.15, 0.2) is 0 Å². The third kappa shape index (κ3) is 10.0. The number of para-hydroxylation sites is 2. The molecular formula is C36H44FN3O5. The normalized spacial score (nSPS) is 14.3. The van der Waals surface area contributed by atoms with Gasteiger partial charge in [-0.2, -0.15) is 0 Å². The van der Waals surface area contributed by atoms with E-state index in [2.05, 4.69) is 5.32 Å². The highest BCUT2D eigenvalue weighted by Gasteiger charge is 2.46. The molecule has 9 heteroatoms. The standard InChI is InChI=1S/C36H44FN3O5/c1-5-6-12-26(2)22-24-45-32-16-11-10-13-28(32)25-33(39-30-14-8-7-9-15-30)36(38,34(42)40(3)35(43)44-4)23-21-31(41)27-17-19-29(37)20-18-27/h5-20,31,33,39,41H,21-25,38H2,1-4H3/b6-5-,26-12+. The van der Waals surface area contributed by atoms with Crippen molar-refractivity contribution in [1.29, 1.82) is 0 Å². The van der Waals surface area contributed by atoms with Crippen LogP contribution in [0.1, 0.15) is 50.3 Å². The van der Waals surface area contributed by atoms with Crippen LogP contribution in [0.25, 0.3) is 0 Å². The number of nitrogens with two attached hydrogens (primary N) is 1. The molecule has 3 rings (SSSR count). The first-order valence-corrected chi connectivity index (χ1v) is 15.0. The number of allylic oxidation sites excluding steroid dienone is 3. The Morgan fingerprint density at radius 1 is 1.07 bits per heavy atom. The number of benzene rings is 3. The third-order valence-corrected chi connectivity index (χ3v) is 7.70. The molecule has 0 fully saturated rings. The Morgan fingerprint density at radius 2 is 1.73 bits per heavy atom. The van der Waals surface area contributed by atoms with Crippen LogP contribution < -0.4 is 15.8 Å². The number of likely N-dealkylation sites (N-methyl/N-ethyl adjacent to an activating group) is 1. The lowest BCUT2D eigenvalue weighted by atomic mass is 9.80. The number of anilines is 1. The van der Waals surface area contributed by atoms with Gasteiger partial charge in [-0.25, -0.2) is 14.1 Å². The second-order valence-electron chi connectivity index (χ2n) is 11.0. The minimum atomic E-state index is -1.71. The second-order valence-corrected chi connectivity index (χ2v) is 11.0. The van der Waals surface area contributed by atoms with Crippen LogP contribution in [0.15, 0.2) is 103 Å². The lowest BCUT2D eigenvalue weighted by Crippen LogP contribution is -2.65. The molecule has 8 nitrogen and oxygen atoms in total. The summed E-state index contributed by atoms with van der Waals surface area (Å²) >= 11 is 0. The molecule has 3 aromatic rings. The molecule has 3 aromatic carbocycles. The number of imide groups is 1. The first-order chi connectivity index (χ1) is 21.6. The largest absolute Gasteiger partial charge is 0.493 e. The summed E-state index contributed by atoms with van der Waals surface area (Å²) in [4.78, 5) is 27.5. The minimum Gasteiger partial charge on any atom is -0.493 e. The van der Waals surface area contributed by atoms with Gasteiger partial charge in [0, 0.05) is 19.2 Å². The van der Waals surface area contributed by atoms with Gasteiger partial charge in [0.25, 0.3) is 5.91 Å². The van der Waals surface area contributed by atoms with E-state index in [-0.39, 0.29) is 19.3 Å². The van der Waals surface area contributed by atoms with Crippen LogP contribution in [0.3, 0.4) is 0 Å². The van der Waals surface area contributed by atoms with Crippen molar-refractivity contribution in [3.63, 3.8) is 0 Å². The number of hydrogen-bond acceptors (Lipinski definition) is 7. The SMILES string of the molecule is C/C=C\C=C(/C)CCOc1ccccc1CC(Nc1ccccc1)C(N)(CCC(O)c1ccc(F)cc1)C(=O)N(C)C(=O)OC. The van der Waals surface area contributed by atoms with E-state index in [1.54, 1.807) is 0 Å². The van der Waals surface area contributed by atoms with Crippen LogP contribution in [0, 0.1) is 5.82 Å². The van der Waals surface area contributed by atoms with E-state index in [1.807, 2.05) is 86.7 Å². The summed E-state index contributed by atoms with van der Waals surface area (Å²) in [5.74, 6) is -0.457. The number of carbonyl (C=O) groups excluding carboxylic acids is 2. The number of nitrogens with zero attached hydrogens (tertiary/aromatic N) is 1. The topological polar surface area (TPSA) is 114 Å². The Bertz CT molecular complexity index is 1440. The van der Waals surface area contributed by atoms with Gasteiger partial charge in [-0.1, -0.05) is 72.3 Å². The maximum absolute atomic E-state index is 14.1. The van der Waals surface area contributed by atoms with Gasteiger partial charge in [0.1, 0.15) is 17.1 Å². The third-order valence-electron chi connectivity index (χ3n) is 7.70. The molecule has 0 bridgehead atoms. The molecule has 45 heavy (non-hydrogen) atoms. The van der Waals surface area contributed by atoms with E-state index in [4.69, 9.17) is 15.2 Å². The average molecular weight is 618 g/mol. The summed E-state index contributed by atoms with van der Waals surface area (Å²) in [5, 5.41) is 14.4. The van der Waals surface area contributed by atoms with Gasteiger partial charge in [0.05, 0.1) is 25.9 Å². The Hall–Kier alpha value is -4.47. The van der Waals surface area contributed by atoms with Gasteiger partial charge >= 0.3 is 6.09 Å². The van der Waals surface area contributed by atoms with Crippen molar-refractivity contribution in [3.8, 4) is 5.75 Å². The van der Waals surface area contributed by atoms with Crippen molar-refractivity contribution in [1.82, 2.24) is 4.90 Å². The lowest BCUT2D eigenvalue weighted by Gasteiger charge is -2.39. The van der Waals surface area contributed by atoms with Gasteiger partial charge in [-0.3, -0.25) is 4.79 Å². The highest BCUT2D eigenvalue weighted by Crippen LogP contribution is 2.31. The second kappa shape index (κ2) is 17.1. The molecular weight excluding hydrogens is 573 g/mol. The first kappa shape index (κ1) is 35.0. The molecule has 0 saturated carbocycles. The molecule has 0 aliphatic heterocycles. The predicted octanol–water partition coefficient (Wildman–Crippen LogP) is 6.58. The Labute approximate surface area is 265 Å². The minimum absolute atomic E-state index is 0.0197. The lowest BCUT2D eigenvalue weighted by molar-refractivity contribution is -0.135. The maximum atomic E-state index is 14.1. The number of nitrogens with one attached hydrogen (secondary N) is 1. The average Bonchev–Trinajstić information content (AvgIpc) is 3.06. The van der Waals surface area contributed by atoms with E-state index in [0.717, 1.165) is 16.9 Å². The van der Waals surface area contributed by atoms with Crippen LogP contribution in [0.4, 0.5) is 14.9 Å². The molecule has 0 radical (unpaired) electrons. The Kier molecular flexibility index (Phi) is 13.3. The summed E-state index contributed by atoms with van der Waals surface area (Å²) in [5.41, 5.74) is 8.55. The fraction of sp³-hybridized carbons (Fsp3) is 0.333. The smallest absolute Gasteiger partial charge is 0.416 e. The van der Waals surface area contributed by atoms with E-state index >= 15 is 0 Å². The quantitative estimate of drug-likeness (QED) is 0.165. The Morgan fingerprint density at radius 3 is 2.40 bits per heavy atom. The zero-order valence-electron chi connectivity index (χ0n) is 26.4. The summed E-state index contributed by atoms with van der Waals surface area (Å²) in [6.07, 6.45) is 5.13. The molecule has 0 aliphatic rings. The molecule has 0 aliphatic carbocycles. The summed E-state index contributed by atoms with van der Waals surface area (Å²) in [6, 6.07) is 21.6. The van der Waals surface area contributed by atoms with Crippen molar-refractivity contribution in [2.24, 2.45) is 5.73 Å². The number of methoxy groups -OCH3 is 1. The van der Waals surface area contributed by atoms with Gasteiger partial charge in [-0.15, -0.1) is 0 Å². The van der Waals surface area contributed by atoms with E-state index in [1.165, 1.54) is 44.0 Å². The number of hydrogen-bond donors (Lipinski definition) is 3. The molecule has 0 spiro atoms. The Balaban J connectivity index is 1.99. The van der Waals surface area contributed by atoms with Crippen LogP contribution in [0.2, 0.25) is 0 Å². The van der Waals surface area contributed by atoms with Crippen LogP contribution in [-0.2, 0) is 16.0 Å². The fourth-order valence-corrected chi connectivity index (χ4v) is 4.99. The van der Waals surface area contributed by atoms with Crippen molar-refractivity contribution in [3.05, 3.63) is 120 Å². The number of ether oxygens (including phenoxy) is 2. The number of carbonyl (C=O) groups is 2. The van der Waals surface area contributed by atoms with E-state index < -0.39 is 35.5 Å². The van der Waals surface area contributed by atoms with Crippen LogP contribution in [0.5, 0.6) is 5.75 Å². The summed E-state index contributed by atoms with van der Waals surface area (Å²) in [6.45, 7) is 4.46. The summed E-state index contributed by atoms with van der Waals surface area (Å²) < 4.78 is 24.6. The van der Waals surface area contributed by atoms with E-state index in [9.17, 15) is 19.1 Å². The van der Waals surface area contributed by atoms with Gasteiger partial charge < -0.3 is 25.6 Å². The van der Waals surface area contributed by atoms with Gasteiger partial charge in [-0.05, 0) is 74.6 Å². The van der Waals surface area contributed by atoms with Gasteiger partial charge in [0.2, 0.25) is 0 Å². The number of aliphatic hydroxyl groups is 1. The zero-order chi connectivity index (χ0) is 32.8. The molecule has 240 valence electrons. The molecule has 3 unspecified atom stereocenters. The van der Waals surface area contributed by atoms with Crippen LogP contribution >= 0.6 is 0 Å². The molecule has 0 aromatic heterocycles. The number of halogens is 1. The molecule has 0 heterocycles.